The van der Waals surface area contributed by atoms with Gasteiger partial charge in [-0.25, -0.2) is 4.79 Å². The molecule has 0 spiro atoms. The van der Waals surface area contributed by atoms with Crippen molar-refractivity contribution in [1.82, 2.24) is 14.5 Å². The first-order chi connectivity index (χ1) is 16.9. The quantitative estimate of drug-likeness (QED) is 0.280. The summed E-state index contributed by atoms with van der Waals surface area (Å²) in [7, 11) is 1.25. The molecule has 5 rings (SSSR count). The molecule has 4 heterocycles. The number of furan rings is 1. The second kappa shape index (κ2) is 8.92. The number of methoxy groups -OCH3 is 1. The highest BCUT2D eigenvalue weighted by molar-refractivity contribution is 8.18. The highest BCUT2D eigenvalue weighted by Gasteiger charge is 2.36. The molecule has 1 fully saturated rings. The van der Waals surface area contributed by atoms with Crippen molar-refractivity contribution in [2.24, 2.45) is 0 Å². The van der Waals surface area contributed by atoms with Gasteiger partial charge in [-0.1, -0.05) is 6.07 Å². The number of ether oxygens (including phenoxy) is 1. The van der Waals surface area contributed by atoms with Gasteiger partial charge in [-0.15, -0.1) is 0 Å². The minimum absolute atomic E-state index is 0.0157. The van der Waals surface area contributed by atoms with Crippen LogP contribution in [0.25, 0.3) is 22.7 Å². The van der Waals surface area contributed by atoms with Gasteiger partial charge in [0, 0.05) is 28.7 Å². The lowest BCUT2D eigenvalue weighted by Crippen LogP contribution is -2.27. The minimum Gasteiger partial charge on any atom is -0.463 e. The first-order valence-electron chi connectivity index (χ1n) is 10.8. The SMILES string of the molecule is COC(=O)c1ccc(CN2C(=O)S/C(=C/c3cc(C)n(-c4ccc5ncccc5c4)c3C)C2=O)o1. The Morgan fingerprint density at radius 3 is 2.77 bits per heavy atom. The van der Waals surface area contributed by atoms with Crippen molar-refractivity contribution >= 4 is 45.9 Å². The highest BCUT2D eigenvalue weighted by Crippen LogP contribution is 2.35. The number of aryl methyl sites for hydroxylation is 1. The summed E-state index contributed by atoms with van der Waals surface area (Å²) in [6.07, 6.45) is 3.51. The summed E-state index contributed by atoms with van der Waals surface area (Å²) in [5.74, 6) is -0.694. The summed E-state index contributed by atoms with van der Waals surface area (Å²) in [5, 5.41) is 0.640. The summed E-state index contributed by atoms with van der Waals surface area (Å²) in [5.41, 5.74) is 4.72. The van der Waals surface area contributed by atoms with Gasteiger partial charge in [0.1, 0.15) is 5.76 Å². The predicted octanol–water partition coefficient (Wildman–Crippen LogP) is 5.26. The Bertz CT molecular complexity index is 1530. The lowest BCUT2D eigenvalue weighted by molar-refractivity contribution is -0.123. The lowest BCUT2D eigenvalue weighted by Gasteiger charge is -2.11. The third kappa shape index (κ3) is 4.15. The summed E-state index contributed by atoms with van der Waals surface area (Å²) in [6.45, 7) is 3.91. The predicted molar refractivity (Wildman–Crippen MR) is 132 cm³/mol. The molecule has 3 aromatic heterocycles. The van der Waals surface area contributed by atoms with Crippen molar-refractivity contribution in [3.05, 3.63) is 88.1 Å². The van der Waals surface area contributed by atoms with Gasteiger partial charge in [0.25, 0.3) is 11.1 Å². The van der Waals surface area contributed by atoms with Crippen LogP contribution in [0, 0.1) is 13.8 Å². The maximum absolute atomic E-state index is 13.0. The molecule has 1 aromatic carbocycles. The second-order valence-corrected chi connectivity index (χ2v) is 9.06. The molecule has 8 nitrogen and oxygen atoms in total. The van der Waals surface area contributed by atoms with Crippen LogP contribution in [-0.2, 0) is 16.1 Å². The number of rotatable bonds is 5. The van der Waals surface area contributed by atoms with Gasteiger partial charge in [-0.3, -0.25) is 19.5 Å². The Labute approximate surface area is 205 Å². The van der Waals surface area contributed by atoms with Gasteiger partial charge >= 0.3 is 5.97 Å². The smallest absolute Gasteiger partial charge is 0.373 e. The van der Waals surface area contributed by atoms with Gasteiger partial charge in [0.2, 0.25) is 5.76 Å². The van der Waals surface area contributed by atoms with E-state index in [4.69, 9.17) is 4.42 Å². The van der Waals surface area contributed by atoms with Crippen molar-refractivity contribution in [2.45, 2.75) is 20.4 Å². The van der Waals surface area contributed by atoms with Gasteiger partial charge < -0.3 is 13.7 Å². The number of hydrogen-bond donors (Lipinski definition) is 0. The largest absolute Gasteiger partial charge is 0.463 e. The number of thioether (sulfide) groups is 1. The van der Waals surface area contributed by atoms with Crippen molar-refractivity contribution in [2.75, 3.05) is 7.11 Å². The molecule has 35 heavy (non-hydrogen) atoms. The molecule has 0 unspecified atom stereocenters. The van der Waals surface area contributed by atoms with Crippen LogP contribution in [0.1, 0.15) is 33.3 Å². The Balaban J connectivity index is 1.41. The fraction of sp³-hybridized carbons (Fsp3) is 0.154. The number of hydrogen-bond acceptors (Lipinski definition) is 7. The maximum Gasteiger partial charge on any atom is 0.373 e. The van der Waals surface area contributed by atoms with Crippen molar-refractivity contribution in [3.63, 3.8) is 0 Å². The zero-order valence-corrected chi connectivity index (χ0v) is 20.1. The number of amides is 2. The Kier molecular flexibility index (Phi) is 5.78. The van der Waals surface area contributed by atoms with Gasteiger partial charge in [0.15, 0.2) is 0 Å². The number of pyridine rings is 1. The normalized spacial score (nSPS) is 14.9. The Hall–Kier alpha value is -4.11. The summed E-state index contributed by atoms with van der Waals surface area (Å²) < 4.78 is 12.1. The molecule has 1 saturated heterocycles. The van der Waals surface area contributed by atoms with Crippen molar-refractivity contribution < 1.29 is 23.5 Å². The molecular formula is C26H21N3O5S. The zero-order chi connectivity index (χ0) is 24.7. The first kappa shape index (κ1) is 22.7. The van der Waals surface area contributed by atoms with E-state index >= 15 is 0 Å². The Morgan fingerprint density at radius 1 is 1.14 bits per heavy atom. The monoisotopic (exact) mass is 487 g/mol. The number of carbonyl (C=O) groups excluding carboxylic acids is 3. The minimum atomic E-state index is -0.622. The maximum atomic E-state index is 13.0. The van der Waals surface area contributed by atoms with E-state index < -0.39 is 17.1 Å². The molecule has 0 aliphatic carbocycles. The second-order valence-electron chi connectivity index (χ2n) is 8.07. The fourth-order valence-electron chi connectivity index (χ4n) is 4.14. The fourth-order valence-corrected chi connectivity index (χ4v) is 4.97. The topological polar surface area (TPSA) is 94.6 Å². The number of benzene rings is 1. The van der Waals surface area contributed by atoms with Gasteiger partial charge in [-0.2, -0.15) is 0 Å². The Morgan fingerprint density at radius 2 is 1.97 bits per heavy atom. The van der Waals surface area contributed by atoms with E-state index in [1.807, 2.05) is 44.2 Å². The molecular weight excluding hydrogens is 466 g/mol. The van der Waals surface area contributed by atoms with E-state index in [1.54, 1.807) is 18.3 Å². The number of esters is 1. The highest BCUT2D eigenvalue weighted by atomic mass is 32.2. The van der Waals surface area contributed by atoms with E-state index in [9.17, 15) is 14.4 Å². The van der Waals surface area contributed by atoms with Crippen LogP contribution < -0.4 is 0 Å². The molecule has 0 atom stereocenters. The molecule has 176 valence electrons. The van der Waals surface area contributed by atoms with Crippen LogP contribution in [0.5, 0.6) is 0 Å². The van der Waals surface area contributed by atoms with Crippen LogP contribution in [0.15, 0.2) is 64.1 Å². The average molecular weight is 488 g/mol. The molecule has 1 aliphatic rings. The van der Waals surface area contributed by atoms with Crippen LogP contribution >= 0.6 is 11.8 Å². The van der Waals surface area contributed by atoms with E-state index in [1.165, 1.54) is 13.2 Å². The van der Waals surface area contributed by atoms with E-state index in [-0.39, 0.29) is 12.3 Å². The molecule has 2 amide bonds. The molecule has 0 bridgehead atoms. The molecule has 4 aromatic rings. The zero-order valence-electron chi connectivity index (χ0n) is 19.3. The number of aromatic nitrogens is 2. The average Bonchev–Trinajstić information content (AvgIpc) is 3.51. The van der Waals surface area contributed by atoms with Crippen LogP contribution in [-0.4, -0.2) is 38.7 Å². The first-order valence-corrected chi connectivity index (χ1v) is 11.6. The number of carbonyl (C=O) groups is 3. The van der Waals surface area contributed by atoms with Crippen molar-refractivity contribution in [3.8, 4) is 5.69 Å². The van der Waals surface area contributed by atoms with E-state index in [0.29, 0.717) is 10.7 Å². The standard InChI is InChI=1S/C26H21N3O5S/c1-15-11-18(16(2)29(15)19-6-8-21-17(12-19)5-4-10-27-21)13-23-24(30)28(26(32)35-23)14-20-7-9-22(34-20)25(31)33-3/h4-13H,14H2,1-3H3/b23-13+. The van der Waals surface area contributed by atoms with Crippen LogP contribution in [0.3, 0.4) is 0 Å². The third-order valence-corrected chi connectivity index (χ3v) is 6.74. The molecule has 1 aliphatic heterocycles. The van der Waals surface area contributed by atoms with Gasteiger partial charge in [-0.05, 0) is 79.7 Å². The van der Waals surface area contributed by atoms with Crippen LogP contribution in [0.4, 0.5) is 4.79 Å². The molecule has 0 radical (unpaired) electrons. The third-order valence-electron chi connectivity index (χ3n) is 5.84. The molecule has 9 heteroatoms. The number of fused-ring (bicyclic) bond motifs is 1. The molecule has 0 N–H and O–H groups in total. The summed E-state index contributed by atoms with van der Waals surface area (Å²) in [4.78, 5) is 43.0. The van der Waals surface area contributed by atoms with Crippen molar-refractivity contribution in [1.29, 1.82) is 0 Å². The lowest BCUT2D eigenvalue weighted by atomic mass is 10.2. The number of nitrogens with zero attached hydrogens (tertiary/aromatic N) is 3. The molecule has 0 saturated carbocycles. The number of imide groups is 1. The van der Waals surface area contributed by atoms with E-state index in [2.05, 4.69) is 20.4 Å². The van der Waals surface area contributed by atoms with E-state index in [0.717, 1.165) is 50.2 Å². The van der Waals surface area contributed by atoms with Crippen LogP contribution in [0.2, 0.25) is 0 Å². The van der Waals surface area contributed by atoms with Gasteiger partial charge in [0.05, 0.1) is 24.1 Å². The summed E-state index contributed by atoms with van der Waals surface area (Å²) >= 11 is 0.883. The summed E-state index contributed by atoms with van der Waals surface area (Å²) in [6, 6.07) is 15.0.